The molecule has 0 fully saturated rings. The van der Waals surface area contributed by atoms with Crippen LogP contribution in [0.4, 0.5) is 0 Å². The first kappa shape index (κ1) is 10.5. The van der Waals surface area contributed by atoms with Gasteiger partial charge in [-0.1, -0.05) is 17.7 Å². The summed E-state index contributed by atoms with van der Waals surface area (Å²) in [6.45, 7) is 0. The molecule has 14 heavy (non-hydrogen) atoms. The van der Waals surface area contributed by atoms with Gasteiger partial charge in [-0.25, -0.2) is 4.79 Å². The molecule has 1 rings (SSSR count). The molecule has 1 aromatic rings. The smallest absolute Gasteiger partial charge is 0.349 e. The molecule has 0 aliphatic heterocycles. The summed E-state index contributed by atoms with van der Waals surface area (Å²) in [6.07, 6.45) is -0.0472. The van der Waals surface area contributed by atoms with Crippen molar-refractivity contribution in [1.82, 2.24) is 0 Å². The predicted octanol–water partition coefficient (Wildman–Crippen LogP) is 1.69. The van der Waals surface area contributed by atoms with Gasteiger partial charge in [0.2, 0.25) is 0 Å². The van der Waals surface area contributed by atoms with Gasteiger partial charge in [0.25, 0.3) is 0 Å². The quantitative estimate of drug-likeness (QED) is 0.669. The van der Waals surface area contributed by atoms with Crippen molar-refractivity contribution < 1.29 is 15.0 Å². The summed E-state index contributed by atoms with van der Waals surface area (Å²) >= 11 is 5.73. The van der Waals surface area contributed by atoms with Crippen LogP contribution in [-0.4, -0.2) is 21.9 Å². The highest BCUT2D eigenvalue weighted by atomic mass is 35.5. The first-order valence-corrected chi connectivity index (χ1v) is 4.16. The van der Waals surface area contributed by atoms with E-state index in [9.17, 15) is 4.79 Å². The fraction of sp³-hybridized carbons (Fsp3) is 0.111. The van der Waals surface area contributed by atoms with Crippen LogP contribution >= 0.6 is 11.6 Å². The molecule has 0 saturated heterocycles. The van der Waals surface area contributed by atoms with Crippen LogP contribution in [0.15, 0.2) is 18.2 Å². The summed E-state index contributed by atoms with van der Waals surface area (Å²) in [7, 11) is 0. The highest BCUT2D eigenvalue weighted by Gasteiger charge is 2.10. The van der Waals surface area contributed by atoms with Gasteiger partial charge in [0, 0.05) is 11.4 Å². The zero-order chi connectivity index (χ0) is 10.7. The maximum atomic E-state index is 10.4. The molecule has 0 radical (unpaired) electrons. The second-order valence-electron chi connectivity index (χ2n) is 2.74. The van der Waals surface area contributed by atoms with Crippen LogP contribution in [0.2, 0.25) is 5.02 Å². The molecule has 0 aliphatic carbocycles. The molecule has 0 amide bonds. The lowest BCUT2D eigenvalue weighted by Gasteiger charge is -2.03. The number of nitrogens with one attached hydrogen (secondary N) is 1. The number of carbonyl (C=O) groups is 1. The summed E-state index contributed by atoms with van der Waals surface area (Å²) in [4.78, 5) is 10.4. The molecule has 0 aromatic heterocycles. The van der Waals surface area contributed by atoms with E-state index in [-0.39, 0.29) is 17.2 Å². The van der Waals surface area contributed by atoms with Gasteiger partial charge in [-0.15, -0.1) is 0 Å². The molecule has 74 valence electrons. The van der Waals surface area contributed by atoms with Crippen molar-refractivity contribution in [2.45, 2.75) is 6.42 Å². The average Bonchev–Trinajstić information content (AvgIpc) is 2.09. The van der Waals surface area contributed by atoms with Crippen LogP contribution in [-0.2, 0) is 11.2 Å². The van der Waals surface area contributed by atoms with Gasteiger partial charge >= 0.3 is 5.97 Å². The number of carboxylic acid groups (broad SMARTS) is 1. The summed E-state index contributed by atoms with van der Waals surface area (Å²) in [6, 6.07) is 4.21. The lowest BCUT2D eigenvalue weighted by atomic mass is 10.1. The summed E-state index contributed by atoms with van der Waals surface area (Å²) < 4.78 is 0. The Morgan fingerprint density at radius 3 is 2.64 bits per heavy atom. The summed E-state index contributed by atoms with van der Waals surface area (Å²) in [5.74, 6) is -1.25. The monoisotopic (exact) mass is 213 g/mol. The van der Waals surface area contributed by atoms with Crippen molar-refractivity contribution in [3.8, 4) is 5.75 Å². The number of rotatable bonds is 3. The largest absolute Gasteiger partial charge is 0.508 e. The Balaban J connectivity index is 2.87. The second kappa shape index (κ2) is 4.11. The number of aromatic hydroxyl groups is 1. The molecule has 0 spiro atoms. The van der Waals surface area contributed by atoms with Gasteiger partial charge in [0.15, 0.2) is 0 Å². The molecule has 0 unspecified atom stereocenters. The van der Waals surface area contributed by atoms with Crippen LogP contribution in [0, 0.1) is 5.41 Å². The van der Waals surface area contributed by atoms with Crippen LogP contribution in [0.3, 0.4) is 0 Å². The molecule has 4 nitrogen and oxygen atoms in total. The highest BCUT2D eigenvalue weighted by molar-refractivity contribution is 6.36. The van der Waals surface area contributed by atoms with Gasteiger partial charge in [-0.05, 0) is 17.7 Å². The fourth-order valence-electron chi connectivity index (χ4n) is 0.946. The van der Waals surface area contributed by atoms with E-state index in [1.54, 1.807) is 0 Å². The standard InChI is InChI=1S/C9H8ClNO3/c10-7-4-6(12)2-1-5(7)3-8(11)9(13)14/h1-2,4,11-12H,3H2,(H,13,14). The average molecular weight is 214 g/mol. The van der Waals surface area contributed by atoms with Crippen molar-refractivity contribution in [1.29, 1.82) is 5.41 Å². The number of phenols is 1. The number of hydrogen-bond donors (Lipinski definition) is 3. The van der Waals surface area contributed by atoms with E-state index < -0.39 is 11.7 Å². The lowest BCUT2D eigenvalue weighted by molar-refractivity contribution is -0.129. The molecule has 1 aromatic carbocycles. The number of benzene rings is 1. The third-order valence-corrected chi connectivity index (χ3v) is 2.01. The normalized spacial score (nSPS) is 9.79. The molecule has 0 aliphatic rings. The minimum absolute atomic E-state index is 0.0144. The molecule has 0 heterocycles. The number of halogens is 1. The topological polar surface area (TPSA) is 81.4 Å². The first-order valence-electron chi connectivity index (χ1n) is 3.79. The SMILES string of the molecule is N=C(Cc1ccc(O)cc1Cl)C(=O)O. The molecular formula is C9H8ClNO3. The zero-order valence-electron chi connectivity index (χ0n) is 7.12. The molecule has 0 saturated carbocycles. The maximum Gasteiger partial charge on any atom is 0.349 e. The van der Waals surface area contributed by atoms with Gasteiger partial charge < -0.3 is 10.2 Å². The van der Waals surface area contributed by atoms with Gasteiger partial charge in [0.1, 0.15) is 11.5 Å². The van der Waals surface area contributed by atoms with E-state index in [0.29, 0.717) is 5.56 Å². The fourth-order valence-corrected chi connectivity index (χ4v) is 1.19. The highest BCUT2D eigenvalue weighted by Crippen LogP contribution is 2.21. The van der Waals surface area contributed by atoms with E-state index in [0.717, 1.165) is 0 Å². The minimum Gasteiger partial charge on any atom is -0.508 e. The van der Waals surface area contributed by atoms with Crippen molar-refractivity contribution in [3.05, 3.63) is 28.8 Å². The molecule has 3 N–H and O–H groups in total. The summed E-state index contributed by atoms with van der Waals surface area (Å²) in [5.41, 5.74) is 0.0782. The van der Waals surface area contributed by atoms with Crippen molar-refractivity contribution >= 4 is 23.3 Å². The van der Waals surface area contributed by atoms with E-state index in [1.807, 2.05) is 0 Å². The first-order chi connectivity index (χ1) is 6.50. The van der Waals surface area contributed by atoms with E-state index >= 15 is 0 Å². The van der Waals surface area contributed by atoms with Gasteiger partial charge in [-0.3, -0.25) is 5.41 Å². The molecule has 0 atom stereocenters. The molecule has 0 bridgehead atoms. The van der Waals surface area contributed by atoms with Crippen LogP contribution in [0.25, 0.3) is 0 Å². The minimum atomic E-state index is -1.27. The Bertz CT molecular complexity index is 390. The molecule has 5 heteroatoms. The number of carboxylic acids is 1. The third kappa shape index (κ3) is 2.47. The second-order valence-corrected chi connectivity index (χ2v) is 3.14. The molecular weight excluding hydrogens is 206 g/mol. The van der Waals surface area contributed by atoms with Gasteiger partial charge in [-0.2, -0.15) is 0 Å². The van der Waals surface area contributed by atoms with Crippen LogP contribution in [0.1, 0.15) is 5.56 Å². The third-order valence-electron chi connectivity index (χ3n) is 1.66. The van der Waals surface area contributed by atoms with Crippen molar-refractivity contribution in [2.75, 3.05) is 0 Å². The number of phenolic OH excluding ortho intramolecular Hbond substituents is 1. The Morgan fingerprint density at radius 1 is 1.50 bits per heavy atom. The summed E-state index contributed by atoms with van der Waals surface area (Å²) in [5, 5.41) is 24.9. The Kier molecular flexibility index (Phi) is 3.09. The van der Waals surface area contributed by atoms with Crippen LogP contribution < -0.4 is 0 Å². The maximum absolute atomic E-state index is 10.4. The van der Waals surface area contributed by atoms with E-state index in [4.69, 9.17) is 27.2 Å². The van der Waals surface area contributed by atoms with Crippen molar-refractivity contribution in [2.24, 2.45) is 0 Å². The number of hydrogen-bond acceptors (Lipinski definition) is 3. The van der Waals surface area contributed by atoms with E-state index in [1.165, 1.54) is 18.2 Å². The van der Waals surface area contributed by atoms with Crippen molar-refractivity contribution in [3.63, 3.8) is 0 Å². The Hall–Kier alpha value is -1.55. The lowest BCUT2D eigenvalue weighted by Crippen LogP contribution is -2.14. The zero-order valence-corrected chi connectivity index (χ0v) is 7.88. The Labute approximate surface area is 85.3 Å². The Morgan fingerprint density at radius 2 is 2.14 bits per heavy atom. The van der Waals surface area contributed by atoms with E-state index in [2.05, 4.69) is 0 Å². The predicted molar refractivity (Wildman–Crippen MR) is 52.2 cm³/mol. The van der Waals surface area contributed by atoms with Gasteiger partial charge in [0.05, 0.1) is 0 Å². The van der Waals surface area contributed by atoms with Crippen LogP contribution in [0.5, 0.6) is 5.75 Å². The number of aliphatic carboxylic acids is 1.